The predicted molar refractivity (Wildman–Crippen MR) is 147 cm³/mol. The summed E-state index contributed by atoms with van der Waals surface area (Å²) in [5.74, 6) is 0.497. The monoisotopic (exact) mass is 521 g/mol. The lowest BCUT2D eigenvalue weighted by Gasteiger charge is -2.36. The normalized spacial score (nSPS) is 17.5. The summed E-state index contributed by atoms with van der Waals surface area (Å²) in [6.45, 7) is 13.5. The largest absolute Gasteiger partial charge is 0.351 e. The topological polar surface area (TPSA) is 104 Å². The molecule has 0 radical (unpaired) electrons. The van der Waals surface area contributed by atoms with Gasteiger partial charge in [0.05, 0.1) is 5.56 Å². The lowest BCUT2D eigenvalue weighted by molar-refractivity contribution is 0.0981. The third-order valence-electron chi connectivity index (χ3n) is 7.20. The van der Waals surface area contributed by atoms with Crippen molar-refractivity contribution in [2.24, 2.45) is 5.92 Å². The van der Waals surface area contributed by atoms with E-state index in [0.29, 0.717) is 17.6 Å². The fourth-order valence-corrected chi connectivity index (χ4v) is 5.41. The van der Waals surface area contributed by atoms with E-state index in [1.165, 1.54) is 6.07 Å². The van der Waals surface area contributed by atoms with Crippen molar-refractivity contribution in [3.63, 3.8) is 0 Å². The average molecular weight is 522 g/mol. The maximum Gasteiger partial charge on any atom is 0.281 e. The molecule has 0 saturated carbocycles. The molecule has 4 rings (SSSR count). The quantitative estimate of drug-likeness (QED) is 0.456. The first kappa shape index (κ1) is 26.6. The highest BCUT2D eigenvalue weighted by molar-refractivity contribution is 7.90. The van der Waals surface area contributed by atoms with E-state index in [2.05, 4.69) is 66.4 Å². The second-order valence-electron chi connectivity index (χ2n) is 11.1. The van der Waals surface area contributed by atoms with E-state index in [1.807, 2.05) is 24.3 Å². The molecule has 2 aromatic heterocycles. The number of carbonyl (C=O) groups is 1. The van der Waals surface area contributed by atoms with Crippen LogP contribution in [0.2, 0.25) is 0 Å². The molecule has 0 bridgehead atoms. The Labute approximate surface area is 219 Å². The summed E-state index contributed by atoms with van der Waals surface area (Å²) in [5, 5.41) is 2.92. The zero-order valence-corrected chi connectivity index (χ0v) is 23.1. The van der Waals surface area contributed by atoms with Crippen LogP contribution in [0.5, 0.6) is 0 Å². The summed E-state index contributed by atoms with van der Waals surface area (Å²) in [5.41, 5.74) is 1.89. The molecule has 1 saturated heterocycles. The molecular formula is C28H35N5O3S. The first-order valence-electron chi connectivity index (χ1n) is 12.4. The number of carbonyl (C=O) groups excluding carboxylic acids is 1. The molecule has 0 aliphatic carbocycles. The maximum atomic E-state index is 13.2. The molecular weight excluding hydrogens is 486 g/mol. The van der Waals surface area contributed by atoms with Gasteiger partial charge in [-0.25, -0.2) is 14.7 Å². The van der Waals surface area contributed by atoms with Gasteiger partial charge >= 0.3 is 0 Å². The van der Waals surface area contributed by atoms with Crippen LogP contribution in [-0.4, -0.2) is 36.4 Å². The fourth-order valence-electron chi connectivity index (χ4n) is 4.47. The number of benzene rings is 1. The number of anilines is 3. The van der Waals surface area contributed by atoms with E-state index in [4.69, 9.17) is 0 Å². The number of pyridine rings is 2. The second-order valence-corrected chi connectivity index (χ2v) is 12.8. The van der Waals surface area contributed by atoms with Crippen molar-refractivity contribution in [3.05, 3.63) is 71.9 Å². The molecule has 3 aromatic rings. The number of amides is 1. The van der Waals surface area contributed by atoms with Crippen molar-refractivity contribution < 1.29 is 13.2 Å². The molecule has 3 heterocycles. The highest BCUT2D eigenvalue weighted by Gasteiger charge is 2.40. The minimum Gasteiger partial charge on any atom is -0.351 e. The van der Waals surface area contributed by atoms with Gasteiger partial charge in [-0.2, -0.15) is 8.42 Å². The molecule has 1 unspecified atom stereocenters. The van der Waals surface area contributed by atoms with Crippen molar-refractivity contribution in [1.82, 2.24) is 14.7 Å². The van der Waals surface area contributed by atoms with Gasteiger partial charge in [0.15, 0.2) is 5.03 Å². The van der Waals surface area contributed by atoms with Crippen LogP contribution in [0.25, 0.3) is 0 Å². The maximum absolute atomic E-state index is 13.2. The summed E-state index contributed by atoms with van der Waals surface area (Å²) >= 11 is 0. The Balaban J connectivity index is 1.56. The standard InChI is InChI=1S/C28H35N5O3S/c1-19-15-17-33(28(19,5)6)25-22(12-9-16-29-25)26(34)32-37(35,36)24-14-8-13-23(31-24)30-21-11-7-10-20(18-21)27(2,3)4/h7-14,16,18-19H,15,17H2,1-6H3,(H,30,31)(H,32,34). The molecule has 0 spiro atoms. The number of nitrogens with one attached hydrogen (secondary N) is 2. The molecule has 37 heavy (non-hydrogen) atoms. The molecule has 1 aromatic carbocycles. The van der Waals surface area contributed by atoms with Gasteiger partial charge in [0.2, 0.25) is 0 Å². The molecule has 1 aliphatic rings. The minimum absolute atomic E-state index is 0.0337. The lowest BCUT2D eigenvalue weighted by atomic mass is 9.87. The number of aromatic nitrogens is 2. The summed E-state index contributed by atoms with van der Waals surface area (Å²) in [6, 6.07) is 15.8. The molecule has 2 N–H and O–H groups in total. The van der Waals surface area contributed by atoms with Crippen LogP contribution in [-0.2, 0) is 15.4 Å². The second kappa shape index (κ2) is 9.78. The average Bonchev–Trinajstić information content (AvgIpc) is 3.10. The van der Waals surface area contributed by atoms with Gasteiger partial charge in [-0.1, -0.05) is 45.9 Å². The van der Waals surface area contributed by atoms with Gasteiger partial charge in [0.25, 0.3) is 15.9 Å². The molecule has 1 amide bonds. The third-order valence-corrected chi connectivity index (χ3v) is 8.43. The molecule has 8 nitrogen and oxygen atoms in total. The van der Waals surface area contributed by atoms with E-state index in [0.717, 1.165) is 24.2 Å². The number of hydrogen-bond donors (Lipinski definition) is 2. The number of rotatable bonds is 6. The van der Waals surface area contributed by atoms with Crippen molar-refractivity contribution >= 4 is 33.3 Å². The van der Waals surface area contributed by atoms with Gasteiger partial charge in [-0.05, 0) is 73.6 Å². The van der Waals surface area contributed by atoms with Crippen LogP contribution >= 0.6 is 0 Å². The van der Waals surface area contributed by atoms with Crippen LogP contribution in [0.1, 0.15) is 63.9 Å². The Morgan fingerprint density at radius 1 is 1.08 bits per heavy atom. The van der Waals surface area contributed by atoms with E-state index in [1.54, 1.807) is 30.5 Å². The van der Waals surface area contributed by atoms with Gasteiger partial charge in [-0.15, -0.1) is 0 Å². The van der Waals surface area contributed by atoms with E-state index in [9.17, 15) is 13.2 Å². The van der Waals surface area contributed by atoms with Crippen LogP contribution in [0.3, 0.4) is 0 Å². The fraction of sp³-hybridized carbons (Fsp3) is 0.393. The van der Waals surface area contributed by atoms with Gasteiger partial charge in [0.1, 0.15) is 11.6 Å². The van der Waals surface area contributed by atoms with E-state index < -0.39 is 15.9 Å². The van der Waals surface area contributed by atoms with Crippen molar-refractivity contribution in [1.29, 1.82) is 0 Å². The Morgan fingerprint density at radius 3 is 2.49 bits per heavy atom. The van der Waals surface area contributed by atoms with Gasteiger partial charge < -0.3 is 10.2 Å². The molecule has 1 atom stereocenters. The highest BCUT2D eigenvalue weighted by Crippen LogP contribution is 2.38. The Kier molecular flexibility index (Phi) is 7.03. The van der Waals surface area contributed by atoms with Gasteiger partial charge in [-0.3, -0.25) is 4.79 Å². The van der Waals surface area contributed by atoms with Crippen LogP contribution in [0, 0.1) is 5.92 Å². The number of nitrogens with zero attached hydrogens (tertiary/aromatic N) is 3. The van der Waals surface area contributed by atoms with E-state index >= 15 is 0 Å². The summed E-state index contributed by atoms with van der Waals surface area (Å²) in [7, 11) is -4.23. The molecule has 1 fully saturated rings. The van der Waals surface area contributed by atoms with Crippen molar-refractivity contribution in [2.45, 2.75) is 63.9 Å². The summed E-state index contributed by atoms with van der Waals surface area (Å²) < 4.78 is 28.5. The molecule has 9 heteroatoms. The number of hydrogen-bond acceptors (Lipinski definition) is 7. The zero-order valence-electron chi connectivity index (χ0n) is 22.2. The minimum atomic E-state index is -4.23. The smallest absolute Gasteiger partial charge is 0.281 e. The van der Waals surface area contributed by atoms with Crippen molar-refractivity contribution in [3.8, 4) is 0 Å². The van der Waals surface area contributed by atoms with Crippen LogP contribution in [0.15, 0.2) is 65.8 Å². The summed E-state index contributed by atoms with van der Waals surface area (Å²) in [4.78, 5) is 24.0. The Hall–Kier alpha value is -3.46. The third kappa shape index (κ3) is 5.61. The van der Waals surface area contributed by atoms with Crippen LogP contribution in [0.4, 0.5) is 17.3 Å². The van der Waals surface area contributed by atoms with Crippen LogP contribution < -0.4 is 14.9 Å². The highest BCUT2D eigenvalue weighted by atomic mass is 32.2. The Morgan fingerprint density at radius 2 is 1.81 bits per heavy atom. The molecule has 196 valence electrons. The SMILES string of the molecule is CC1CCN(c2ncccc2C(=O)NS(=O)(=O)c2cccc(Nc3cccc(C(C)(C)C)c3)n2)C1(C)C. The molecule has 1 aliphatic heterocycles. The van der Waals surface area contributed by atoms with Crippen molar-refractivity contribution in [2.75, 3.05) is 16.8 Å². The lowest BCUT2D eigenvalue weighted by Crippen LogP contribution is -2.43. The Bertz CT molecular complexity index is 1410. The van der Waals surface area contributed by atoms with Gasteiger partial charge in [0, 0.05) is 24.0 Å². The number of sulfonamides is 1. The zero-order chi connectivity index (χ0) is 27.0. The first-order valence-corrected chi connectivity index (χ1v) is 13.9. The predicted octanol–water partition coefficient (Wildman–Crippen LogP) is 5.26. The summed E-state index contributed by atoms with van der Waals surface area (Å²) in [6.07, 6.45) is 2.58. The van der Waals surface area contributed by atoms with E-state index in [-0.39, 0.29) is 21.5 Å². The first-order chi connectivity index (χ1) is 17.3.